The number of benzene rings is 2. The number of aromatic nitrogens is 1. The van der Waals surface area contributed by atoms with Gasteiger partial charge in [0.1, 0.15) is 11.6 Å². The van der Waals surface area contributed by atoms with Gasteiger partial charge in [-0.2, -0.15) is 10.5 Å². The molecule has 0 radical (unpaired) electrons. The standard InChI is InChI=1S/C22H18N4O/c1-25(2)22(27)18(13-24)11-19-15-26(21-10-6-5-9-20(19)21)14-17-8-4-3-7-16(17)12-23/h3-11,15H,14H2,1-2H3/b18-11-. The molecule has 0 spiro atoms. The van der Waals surface area contributed by atoms with E-state index in [9.17, 15) is 15.3 Å². The maximum Gasteiger partial charge on any atom is 0.264 e. The summed E-state index contributed by atoms with van der Waals surface area (Å²) in [5.41, 5.74) is 3.41. The Morgan fingerprint density at radius 1 is 1.11 bits per heavy atom. The summed E-state index contributed by atoms with van der Waals surface area (Å²) in [6.07, 6.45) is 3.54. The van der Waals surface area contributed by atoms with Gasteiger partial charge in [0.2, 0.25) is 0 Å². The van der Waals surface area contributed by atoms with Crippen LogP contribution in [0.25, 0.3) is 17.0 Å². The van der Waals surface area contributed by atoms with Crippen molar-refractivity contribution < 1.29 is 4.79 Å². The molecule has 27 heavy (non-hydrogen) atoms. The Bertz CT molecular complexity index is 1120. The summed E-state index contributed by atoms with van der Waals surface area (Å²) in [5.74, 6) is -0.329. The summed E-state index contributed by atoms with van der Waals surface area (Å²) in [6.45, 7) is 0.529. The van der Waals surface area contributed by atoms with Crippen LogP contribution in [0.1, 0.15) is 16.7 Å². The molecule has 0 fully saturated rings. The van der Waals surface area contributed by atoms with Crippen molar-refractivity contribution in [1.82, 2.24) is 9.47 Å². The molecular weight excluding hydrogens is 336 g/mol. The van der Waals surface area contributed by atoms with E-state index >= 15 is 0 Å². The molecule has 0 N–H and O–H groups in total. The number of fused-ring (bicyclic) bond motifs is 1. The van der Waals surface area contributed by atoms with Gasteiger partial charge in [0.25, 0.3) is 5.91 Å². The summed E-state index contributed by atoms with van der Waals surface area (Å²) in [4.78, 5) is 13.6. The first kappa shape index (κ1) is 18.0. The maximum atomic E-state index is 12.2. The molecule has 0 atom stereocenters. The third kappa shape index (κ3) is 3.58. The highest BCUT2D eigenvalue weighted by Gasteiger charge is 2.14. The number of nitrogens with zero attached hydrogens (tertiary/aromatic N) is 4. The van der Waals surface area contributed by atoms with Crippen molar-refractivity contribution in [3.63, 3.8) is 0 Å². The lowest BCUT2D eigenvalue weighted by atomic mass is 10.1. The number of para-hydroxylation sites is 1. The van der Waals surface area contributed by atoms with Crippen LogP contribution in [0.15, 0.2) is 60.3 Å². The summed E-state index contributed by atoms with van der Waals surface area (Å²) in [7, 11) is 3.24. The molecule has 5 nitrogen and oxygen atoms in total. The Labute approximate surface area is 158 Å². The number of hydrogen-bond donors (Lipinski definition) is 0. The molecule has 1 amide bonds. The second-order valence-corrected chi connectivity index (χ2v) is 6.37. The van der Waals surface area contributed by atoms with Crippen LogP contribution in [0, 0.1) is 22.7 Å². The Morgan fingerprint density at radius 3 is 2.52 bits per heavy atom. The minimum atomic E-state index is -0.329. The normalized spacial score (nSPS) is 11.0. The largest absolute Gasteiger partial charge is 0.344 e. The van der Waals surface area contributed by atoms with E-state index in [0.717, 1.165) is 22.0 Å². The predicted molar refractivity (Wildman–Crippen MR) is 104 cm³/mol. The van der Waals surface area contributed by atoms with Crippen LogP contribution in [0.5, 0.6) is 0 Å². The molecule has 5 heteroatoms. The summed E-state index contributed by atoms with van der Waals surface area (Å²) in [6, 6.07) is 19.5. The molecule has 1 heterocycles. The topological polar surface area (TPSA) is 72.8 Å². The minimum absolute atomic E-state index is 0.0836. The van der Waals surface area contributed by atoms with E-state index in [1.54, 1.807) is 26.2 Å². The van der Waals surface area contributed by atoms with E-state index in [0.29, 0.717) is 12.1 Å². The second-order valence-electron chi connectivity index (χ2n) is 6.37. The summed E-state index contributed by atoms with van der Waals surface area (Å²) >= 11 is 0. The van der Waals surface area contributed by atoms with Crippen molar-refractivity contribution in [2.75, 3.05) is 14.1 Å². The molecule has 3 rings (SSSR count). The molecule has 0 saturated heterocycles. The van der Waals surface area contributed by atoms with E-state index in [1.807, 2.05) is 59.3 Å². The quantitative estimate of drug-likeness (QED) is 0.531. The molecule has 132 valence electrons. The van der Waals surface area contributed by atoms with Crippen molar-refractivity contribution in [2.24, 2.45) is 0 Å². The Hall–Kier alpha value is -3.83. The van der Waals surface area contributed by atoms with E-state index in [-0.39, 0.29) is 11.5 Å². The van der Waals surface area contributed by atoms with E-state index < -0.39 is 0 Å². The Morgan fingerprint density at radius 2 is 1.81 bits per heavy atom. The second kappa shape index (κ2) is 7.59. The Balaban J connectivity index is 2.11. The summed E-state index contributed by atoms with van der Waals surface area (Å²) in [5, 5.41) is 19.7. The van der Waals surface area contributed by atoms with Crippen LogP contribution in [0.4, 0.5) is 0 Å². The number of rotatable bonds is 4. The van der Waals surface area contributed by atoms with E-state index in [4.69, 9.17) is 0 Å². The Kier molecular flexibility index (Phi) is 5.06. The molecule has 0 aliphatic carbocycles. The zero-order chi connectivity index (χ0) is 19.4. The number of carbonyl (C=O) groups is 1. The van der Waals surface area contributed by atoms with Crippen LogP contribution in [0.3, 0.4) is 0 Å². The predicted octanol–water partition coefficient (Wildman–Crippen LogP) is 3.56. The van der Waals surface area contributed by atoms with Crippen molar-refractivity contribution in [2.45, 2.75) is 6.54 Å². The van der Waals surface area contributed by atoms with Crippen LogP contribution in [-0.2, 0) is 11.3 Å². The molecule has 0 saturated carbocycles. The number of likely N-dealkylation sites (N-methyl/N-ethyl adjacent to an activating group) is 1. The first-order valence-corrected chi connectivity index (χ1v) is 8.44. The van der Waals surface area contributed by atoms with Crippen molar-refractivity contribution in [3.8, 4) is 12.1 Å². The fraction of sp³-hybridized carbons (Fsp3) is 0.136. The fourth-order valence-corrected chi connectivity index (χ4v) is 3.01. The average Bonchev–Trinajstić information content (AvgIpc) is 3.03. The molecule has 1 aromatic heterocycles. The van der Waals surface area contributed by atoms with Gasteiger partial charge >= 0.3 is 0 Å². The highest BCUT2D eigenvalue weighted by Crippen LogP contribution is 2.25. The fourth-order valence-electron chi connectivity index (χ4n) is 3.01. The van der Waals surface area contributed by atoms with E-state index in [1.165, 1.54) is 4.90 Å². The van der Waals surface area contributed by atoms with Gasteiger partial charge in [0, 0.05) is 43.3 Å². The molecule has 2 aromatic carbocycles. The zero-order valence-electron chi connectivity index (χ0n) is 15.2. The molecule has 0 aliphatic heterocycles. The number of amides is 1. The SMILES string of the molecule is CN(C)C(=O)/C(C#N)=C\c1cn(Cc2ccccc2C#N)c2ccccc12. The minimum Gasteiger partial charge on any atom is -0.344 e. The van der Waals surface area contributed by atoms with Crippen LogP contribution in [0.2, 0.25) is 0 Å². The van der Waals surface area contributed by atoms with Crippen molar-refractivity contribution >= 4 is 22.9 Å². The van der Waals surface area contributed by atoms with Crippen LogP contribution in [-0.4, -0.2) is 29.5 Å². The molecule has 0 unspecified atom stereocenters. The monoisotopic (exact) mass is 354 g/mol. The lowest BCUT2D eigenvalue weighted by Gasteiger charge is -2.08. The third-order valence-corrected chi connectivity index (χ3v) is 4.35. The van der Waals surface area contributed by atoms with Crippen LogP contribution >= 0.6 is 0 Å². The average molecular weight is 354 g/mol. The number of carbonyl (C=O) groups excluding carboxylic acids is 1. The number of nitriles is 2. The maximum absolute atomic E-state index is 12.2. The molecule has 0 bridgehead atoms. The lowest BCUT2D eigenvalue weighted by molar-refractivity contribution is -0.124. The smallest absolute Gasteiger partial charge is 0.264 e. The highest BCUT2D eigenvalue weighted by molar-refractivity contribution is 6.03. The zero-order valence-corrected chi connectivity index (χ0v) is 15.2. The first-order chi connectivity index (χ1) is 13.0. The van der Waals surface area contributed by atoms with Crippen LogP contribution < -0.4 is 0 Å². The lowest BCUT2D eigenvalue weighted by Crippen LogP contribution is -2.22. The van der Waals surface area contributed by atoms with Gasteiger partial charge in [-0.25, -0.2) is 0 Å². The van der Waals surface area contributed by atoms with Gasteiger partial charge in [0.05, 0.1) is 11.6 Å². The van der Waals surface area contributed by atoms with Gasteiger partial charge in [-0.1, -0.05) is 36.4 Å². The van der Waals surface area contributed by atoms with Crippen molar-refractivity contribution in [3.05, 3.63) is 77.0 Å². The highest BCUT2D eigenvalue weighted by atomic mass is 16.2. The van der Waals surface area contributed by atoms with E-state index in [2.05, 4.69) is 6.07 Å². The van der Waals surface area contributed by atoms with Gasteiger partial charge in [-0.15, -0.1) is 0 Å². The molecule has 3 aromatic rings. The third-order valence-electron chi connectivity index (χ3n) is 4.35. The van der Waals surface area contributed by atoms with Gasteiger partial charge in [-0.3, -0.25) is 4.79 Å². The molecular formula is C22H18N4O. The molecule has 0 aliphatic rings. The van der Waals surface area contributed by atoms with Gasteiger partial charge in [-0.05, 0) is 23.8 Å². The first-order valence-electron chi connectivity index (χ1n) is 8.44. The summed E-state index contributed by atoms with van der Waals surface area (Å²) < 4.78 is 2.03. The van der Waals surface area contributed by atoms with Crippen molar-refractivity contribution in [1.29, 1.82) is 10.5 Å². The van der Waals surface area contributed by atoms with Gasteiger partial charge < -0.3 is 9.47 Å². The van der Waals surface area contributed by atoms with Gasteiger partial charge in [0.15, 0.2) is 0 Å². The number of hydrogen-bond acceptors (Lipinski definition) is 3.